The Morgan fingerprint density at radius 2 is 0.853 bits per heavy atom. The summed E-state index contributed by atoms with van der Waals surface area (Å²) in [5, 5.41) is 0. The van der Waals surface area contributed by atoms with Crippen LogP contribution in [-0.2, 0) is 13.6 Å². The van der Waals surface area contributed by atoms with Gasteiger partial charge in [-0.1, -0.05) is 0 Å². The number of hydrogen-bond donors (Lipinski definition) is 0. The number of carbonyl (C=O) groups is 1. The van der Waals surface area contributed by atoms with Crippen LogP contribution in [0, 0.1) is 0 Å². The third kappa shape index (κ3) is 4.46. The Balaban J connectivity index is 6.58. The number of hydrogen-bond acceptors (Lipinski definition) is 3. The second-order valence-electron chi connectivity index (χ2n) is 6.49. The lowest BCUT2D eigenvalue weighted by Crippen LogP contribution is -2.74. The average Bonchev–Trinajstić information content (AvgIpc) is 2.67. The molecule has 0 saturated carbocycles. The van der Waals surface area contributed by atoms with E-state index in [1.54, 1.807) is 0 Å². The molecule has 0 aromatic heterocycles. The fraction of sp³-hybridized carbons (Fsp3) is 0.923. The van der Waals surface area contributed by atoms with Crippen molar-refractivity contribution in [3.8, 4) is 0 Å². The molecule has 0 aliphatic heterocycles. The highest BCUT2D eigenvalue weighted by Crippen LogP contribution is 2.64. The molecule has 0 rings (SSSR count). The highest BCUT2D eigenvalue weighted by molar-refractivity contribution is 6.91. The maximum atomic E-state index is 13.7. The number of alkyl halides is 17. The van der Waals surface area contributed by atoms with Gasteiger partial charge in [-0.25, -0.2) is 0 Å². The van der Waals surface area contributed by atoms with Crippen molar-refractivity contribution in [2.75, 3.05) is 14.2 Å². The molecule has 0 aliphatic carbocycles. The van der Waals surface area contributed by atoms with Gasteiger partial charge in [0.2, 0.25) is 0 Å². The first-order valence-corrected chi connectivity index (χ1v) is 10.0. The third-order valence-electron chi connectivity index (χ3n) is 4.45. The van der Waals surface area contributed by atoms with E-state index in [0.29, 0.717) is 14.2 Å². The standard InChI is InChI=1S/C13H11F17O3Si/c1-32-34(5-31,33-2)4-3-6(14,15)7(16,17)8(18,19)9(20,21)10(22,23)11(24,25)12(26,27)13(28,29)30/h5H,3-4H2,1-2H3. The first-order chi connectivity index (χ1) is 14.6. The van der Waals surface area contributed by atoms with Gasteiger partial charge in [-0.05, 0) is 0 Å². The fourth-order valence-corrected chi connectivity index (χ4v) is 3.67. The molecule has 0 atom stereocenters. The number of carbonyl (C=O) groups excluding carboxylic acids is 1. The molecule has 0 saturated heterocycles. The minimum Gasteiger partial charge on any atom is -0.393 e. The van der Waals surface area contributed by atoms with Crippen LogP contribution < -0.4 is 0 Å². The zero-order chi connectivity index (χ0) is 28.0. The summed E-state index contributed by atoms with van der Waals surface area (Å²) in [6.07, 6.45) is -10.6. The van der Waals surface area contributed by atoms with Crippen molar-refractivity contribution < 1.29 is 88.3 Å². The summed E-state index contributed by atoms with van der Waals surface area (Å²) in [7, 11) is -3.42. The second kappa shape index (κ2) is 8.93. The van der Waals surface area contributed by atoms with Gasteiger partial charge < -0.3 is 13.6 Å². The van der Waals surface area contributed by atoms with Crippen LogP contribution in [-0.4, -0.2) is 76.3 Å². The van der Waals surface area contributed by atoms with Gasteiger partial charge in [0.05, 0.1) is 0 Å². The molecule has 34 heavy (non-hydrogen) atoms. The van der Waals surface area contributed by atoms with Crippen molar-refractivity contribution >= 4 is 14.5 Å². The first kappa shape index (κ1) is 32.6. The van der Waals surface area contributed by atoms with Gasteiger partial charge in [-0.3, -0.25) is 0 Å². The topological polar surface area (TPSA) is 35.5 Å². The van der Waals surface area contributed by atoms with Crippen LogP contribution in [0.3, 0.4) is 0 Å². The Labute approximate surface area is 178 Å². The molecule has 0 heterocycles. The summed E-state index contributed by atoms with van der Waals surface area (Å²) in [6.45, 7) is 0. The van der Waals surface area contributed by atoms with E-state index < -0.39 is 68.7 Å². The summed E-state index contributed by atoms with van der Waals surface area (Å²) < 4.78 is 232. The summed E-state index contributed by atoms with van der Waals surface area (Å²) in [4.78, 5) is 10.8. The van der Waals surface area contributed by atoms with E-state index in [-0.39, 0.29) is 5.91 Å². The molecular weight excluding hydrogens is 555 g/mol. The van der Waals surface area contributed by atoms with Crippen LogP contribution in [0.25, 0.3) is 0 Å². The van der Waals surface area contributed by atoms with E-state index in [0.717, 1.165) is 0 Å². The van der Waals surface area contributed by atoms with Crippen LogP contribution >= 0.6 is 0 Å². The quantitative estimate of drug-likeness (QED) is 0.168. The Kier molecular flexibility index (Phi) is 8.56. The van der Waals surface area contributed by atoms with Crippen molar-refractivity contribution in [1.82, 2.24) is 0 Å². The first-order valence-electron chi connectivity index (χ1n) is 7.92. The monoisotopic (exact) mass is 566 g/mol. The van der Waals surface area contributed by atoms with Crippen molar-refractivity contribution in [1.29, 1.82) is 0 Å². The lowest BCUT2D eigenvalue weighted by Gasteiger charge is -2.43. The Morgan fingerprint density at radius 3 is 1.12 bits per heavy atom. The Hall–Kier alpha value is -1.38. The highest BCUT2D eigenvalue weighted by Gasteiger charge is 2.95. The van der Waals surface area contributed by atoms with Gasteiger partial charge in [-0.15, -0.1) is 0 Å². The molecule has 204 valence electrons. The molecule has 0 unspecified atom stereocenters. The van der Waals surface area contributed by atoms with E-state index >= 15 is 0 Å². The number of rotatable bonds is 12. The molecule has 3 nitrogen and oxygen atoms in total. The summed E-state index contributed by atoms with van der Waals surface area (Å²) >= 11 is 0. The molecule has 0 aromatic rings. The Morgan fingerprint density at radius 1 is 0.559 bits per heavy atom. The van der Waals surface area contributed by atoms with Gasteiger partial charge in [0.15, 0.2) is 5.91 Å². The largest absolute Gasteiger partial charge is 0.460 e. The van der Waals surface area contributed by atoms with Gasteiger partial charge >= 0.3 is 56.2 Å². The minimum absolute atomic E-state index is 0.387. The van der Waals surface area contributed by atoms with Crippen LogP contribution in [0.2, 0.25) is 6.04 Å². The molecule has 0 bridgehead atoms. The lowest BCUT2D eigenvalue weighted by molar-refractivity contribution is -0.461. The minimum atomic E-state index is -8.68. The smallest absolute Gasteiger partial charge is 0.393 e. The average molecular weight is 566 g/mol. The molecular formula is C13H11F17O3Si. The lowest BCUT2D eigenvalue weighted by atomic mass is 9.88. The van der Waals surface area contributed by atoms with Crippen LogP contribution in [0.4, 0.5) is 74.6 Å². The van der Waals surface area contributed by atoms with Crippen molar-refractivity contribution in [3.63, 3.8) is 0 Å². The maximum absolute atomic E-state index is 13.7. The second-order valence-corrected chi connectivity index (χ2v) is 9.66. The maximum Gasteiger partial charge on any atom is 0.460 e. The van der Waals surface area contributed by atoms with E-state index in [1.165, 1.54) is 0 Å². The third-order valence-corrected chi connectivity index (χ3v) is 7.13. The SMILES string of the molecule is CO[Si](C=O)(CCC(F)(F)C(F)(F)C(F)(F)C(F)(F)C(F)(F)C(F)(F)C(F)(F)C(F)(F)F)OC. The summed E-state index contributed by atoms with van der Waals surface area (Å²) in [6, 6.07) is -1.74. The molecule has 0 N–H and O–H groups in total. The van der Waals surface area contributed by atoms with Gasteiger partial charge in [0.25, 0.3) is 0 Å². The van der Waals surface area contributed by atoms with E-state index in [9.17, 15) is 79.4 Å². The molecule has 0 fully saturated rings. The van der Waals surface area contributed by atoms with Crippen molar-refractivity contribution in [2.24, 2.45) is 0 Å². The molecule has 0 aliphatic rings. The molecule has 0 amide bonds. The normalized spacial score (nSPS) is 16.1. The predicted octanol–water partition coefficient (Wildman–Crippen LogP) is 5.89. The van der Waals surface area contributed by atoms with Crippen LogP contribution in [0.15, 0.2) is 0 Å². The van der Waals surface area contributed by atoms with E-state index in [4.69, 9.17) is 0 Å². The van der Waals surface area contributed by atoms with E-state index in [1.807, 2.05) is 0 Å². The highest BCUT2D eigenvalue weighted by atomic mass is 28.4. The molecule has 0 aromatic carbocycles. The zero-order valence-electron chi connectivity index (χ0n) is 16.1. The molecule has 21 heteroatoms. The van der Waals surface area contributed by atoms with Crippen molar-refractivity contribution in [2.45, 2.75) is 60.1 Å². The summed E-state index contributed by atoms with van der Waals surface area (Å²) in [5.41, 5.74) is 0. The van der Waals surface area contributed by atoms with Crippen LogP contribution in [0.5, 0.6) is 0 Å². The molecule has 0 radical (unpaired) electrons. The summed E-state index contributed by atoms with van der Waals surface area (Å²) in [5.74, 6) is -57.2. The van der Waals surface area contributed by atoms with Crippen molar-refractivity contribution in [3.05, 3.63) is 0 Å². The van der Waals surface area contributed by atoms with Gasteiger partial charge in [0.1, 0.15) is 0 Å². The Bertz CT molecular complexity index is 729. The zero-order valence-corrected chi connectivity index (χ0v) is 17.1. The van der Waals surface area contributed by atoms with Gasteiger partial charge in [0, 0.05) is 26.7 Å². The van der Waals surface area contributed by atoms with E-state index in [2.05, 4.69) is 8.85 Å². The fourth-order valence-electron chi connectivity index (χ4n) is 2.13. The van der Waals surface area contributed by atoms with Gasteiger partial charge in [-0.2, -0.15) is 74.6 Å². The predicted molar refractivity (Wildman–Crippen MR) is 76.6 cm³/mol. The van der Waals surface area contributed by atoms with Crippen LogP contribution in [0.1, 0.15) is 6.42 Å². The number of halogens is 17. The molecule has 0 spiro atoms.